The van der Waals surface area contributed by atoms with Gasteiger partial charge in [-0.2, -0.15) is 0 Å². The van der Waals surface area contributed by atoms with Crippen molar-refractivity contribution in [1.29, 1.82) is 0 Å². The van der Waals surface area contributed by atoms with Gasteiger partial charge < -0.3 is 5.32 Å². The van der Waals surface area contributed by atoms with Gasteiger partial charge in [-0.25, -0.2) is 0 Å². The molecule has 1 N–H and O–H groups in total. The number of carbonyl (C=O) groups is 2. The van der Waals surface area contributed by atoms with Crippen molar-refractivity contribution in [2.75, 3.05) is 5.32 Å². The second-order valence-electron chi connectivity index (χ2n) is 4.64. The first-order valence-electron chi connectivity index (χ1n) is 6.76. The van der Waals surface area contributed by atoms with Crippen molar-refractivity contribution in [3.8, 4) is 0 Å². The highest BCUT2D eigenvalue weighted by Crippen LogP contribution is 2.15. The Hall–Kier alpha value is -1.94. The number of amides is 1. The van der Waals surface area contributed by atoms with Crippen LogP contribution in [0.15, 0.2) is 54.6 Å². The molecule has 0 aromatic heterocycles. The predicted molar refractivity (Wildman–Crippen MR) is 88.0 cm³/mol. The van der Waals surface area contributed by atoms with Crippen LogP contribution >= 0.6 is 15.9 Å². The fraction of sp³-hybridized carbons (Fsp3) is 0.176. The first-order valence-corrected chi connectivity index (χ1v) is 7.68. The van der Waals surface area contributed by atoms with Gasteiger partial charge in [-0.05, 0) is 30.7 Å². The molecule has 0 aliphatic heterocycles. The smallest absolute Gasteiger partial charge is 0.238 e. The summed E-state index contributed by atoms with van der Waals surface area (Å²) in [7, 11) is 0. The van der Waals surface area contributed by atoms with Crippen molar-refractivity contribution >= 4 is 33.3 Å². The molecule has 2 rings (SSSR count). The molecular formula is C17H16BrNO2. The number of benzene rings is 2. The van der Waals surface area contributed by atoms with Crippen LogP contribution in [0.4, 0.5) is 5.69 Å². The van der Waals surface area contributed by atoms with E-state index in [2.05, 4.69) is 21.2 Å². The highest BCUT2D eigenvalue weighted by Gasteiger charge is 2.13. The number of carbonyl (C=O) groups excluding carboxylic acids is 2. The van der Waals surface area contributed by atoms with Crippen LogP contribution in [0.5, 0.6) is 0 Å². The molecule has 0 bridgehead atoms. The van der Waals surface area contributed by atoms with Gasteiger partial charge in [0.25, 0.3) is 0 Å². The Kier molecular flexibility index (Phi) is 5.28. The van der Waals surface area contributed by atoms with Gasteiger partial charge in [0.15, 0.2) is 5.78 Å². The monoisotopic (exact) mass is 345 g/mol. The fourth-order valence-electron chi connectivity index (χ4n) is 1.87. The average Bonchev–Trinajstić information content (AvgIpc) is 2.55. The van der Waals surface area contributed by atoms with Crippen molar-refractivity contribution in [3.05, 3.63) is 65.7 Å². The highest BCUT2D eigenvalue weighted by atomic mass is 79.9. The molecule has 0 radical (unpaired) electrons. The van der Waals surface area contributed by atoms with Gasteiger partial charge >= 0.3 is 0 Å². The van der Waals surface area contributed by atoms with E-state index in [0.29, 0.717) is 16.8 Å². The molecule has 1 amide bonds. The molecule has 0 saturated heterocycles. The normalized spacial score (nSPS) is 11.7. The first kappa shape index (κ1) is 15.4. The summed E-state index contributed by atoms with van der Waals surface area (Å²) >= 11 is 3.30. The molecular weight excluding hydrogens is 330 g/mol. The predicted octanol–water partition coefficient (Wildman–Crippen LogP) is 4.03. The number of anilines is 1. The van der Waals surface area contributed by atoms with Crippen LogP contribution in [0, 0.1) is 0 Å². The van der Waals surface area contributed by atoms with Crippen molar-refractivity contribution in [2.45, 2.75) is 18.2 Å². The van der Waals surface area contributed by atoms with Gasteiger partial charge in [0.05, 0.1) is 4.83 Å². The summed E-state index contributed by atoms with van der Waals surface area (Å²) in [4.78, 5) is 23.8. The molecule has 21 heavy (non-hydrogen) atoms. The Morgan fingerprint density at radius 1 is 1.00 bits per heavy atom. The third kappa shape index (κ3) is 4.02. The van der Waals surface area contributed by atoms with Gasteiger partial charge in [0, 0.05) is 16.8 Å². The molecule has 1 unspecified atom stereocenters. The largest absolute Gasteiger partial charge is 0.325 e. The zero-order chi connectivity index (χ0) is 15.2. The second-order valence-corrected chi connectivity index (χ2v) is 5.74. The maximum absolute atomic E-state index is 12.2. The topological polar surface area (TPSA) is 46.2 Å². The Morgan fingerprint density at radius 2 is 1.57 bits per heavy atom. The third-order valence-electron chi connectivity index (χ3n) is 3.09. The van der Waals surface area contributed by atoms with E-state index in [-0.39, 0.29) is 16.5 Å². The number of ketones is 1. The first-order chi connectivity index (χ1) is 10.1. The van der Waals surface area contributed by atoms with Crippen molar-refractivity contribution in [1.82, 2.24) is 0 Å². The summed E-state index contributed by atoms with van der Waals surface area (Å²) in [6.45, 7) is 1.93. The number of alkyl halides is 1. The Labute approximate surface area is 132 Å². The van der Waals surface area contributed by atoms with Crippen LogP contribution in [-0.2, 0) is 4.79 Å². The summed E-state index contributed by atoms with van der Waals surface area (Å²) in [6, 6.07) is 16.0. The number of hydrogen-bond donors (Lipinski definition) is 1. The van der Waals surface area contributed by atoms with Gasteiger partial charge in [-0.3, -0.25) is 9.59 Å². The van der Waals surface area contributed by atoms with Crippen LogP contribution in [0.3, 0.4) is 0 Å². The van der Waals surface area contributed by atoms with Crippen LogP contribution in [0.25, 0.3) is 0 Å². The van der Waals surface area contributed by atoms with Crippen LogP contribution in [-0.4, -0.2) is 16.5 Å². The third-order valence-corrected chi connectivity index (χ3v) is 4.16. The zero-order valence-electron chi connectivity index (χ0n) is 11.7. The molecule has 2 aromatic carbocycles. The van der Waals surface area contributed by atoms with E-state index >= 15 is 0 Å². The van der Waals surface area contributed by atoms with E-state index in [4.69, 9.17) is 0 Å². The second kappa shape index (κ2) is 7.18. The van der Waals surface area contributed by atoms with Crippen LogP contribution in [0.1, 0.15) is 29.3 Å². The van der Waals surface area contributed by atoms with Crippen LogP contribution < -0.4 is 5.32 Å². The van der Waals surface area contributed by atoms with Crippen LogP contribution in [0.2, 0.25) is 0 Å². The molecule has 0 aliphatic rings. The minimum Gasteiger partial charge on any atom is -0.325 e. The lowest BCUT2D eigenvalue weighted by Gasteiger charge is -2.09. The van der Waals surface area contributed by atoms with Crippen molar-refractivity contribution in [2.24, 2.45) is 0 Å². The average molecular weight is 346 g/mol. The number of nitrogens with one attached hydrogen (secondary N) is 1. The molecule has 2 aromatic rings. The number of hydrogen-bond acceptors (Lipinski definition) is 2. The molecule has 1 atom stereocenters. The number of halogens is 1. The zero-order valence-corrected chi connectivity index (χ0v) is 13.3. The standard InChI is InChI=1S/C17H16BrNO2/c1-2-15(18)17(21)19-14-10-8-13(9-11-14)16(20)12-6-4-3-5-7-12/h3-11,15H,2H2,1H3,(H,19,21). The van der Waals surface area contributed by atoms with Gasteiger partial charge in [-0.15, -0.1) is 0 Å². The molecule has 0 aliphatic carbocycles. The van der Waals surface area contributed by atoms with Gasteiger partial charge in [-0.1, -0.05) is 53.2 Å². The summed E-state index contributed by atoms with van der Waals surface area (Å²) < 4.78 is 0. The molecule has 3 nitrogen and oxygen atoms in total. The quantitative estimate of drug-likeness (QED) is 0.656. The van der Waals surface area contributed by atoms with E-state index in [1.165, 1.54) is 0 Å². The van der Waals surface area contributed by atoms with Crippen molar-refractivity contribution < 1.29 is 9.59 Å². The highest BCUT2D eigenvalue weighted by molar-refractivity contribution is 9.10. The summed E-state index contributed by atoms with van der Waals surface area (Å²) in [5, 5.41) is 2.80. The summed E-state index contributed by atoms with van der Waals surface area (Å²) in [5.74, 6) is -0.111. The lowest BCUT2D eigenvalue weighted by atomic mass is 10.0. The van der Waals surface area contributed by atoms with E-state index in [1.54, 1.807) is 36.4 Å². The van der Waals surface area contributed by atoms with E-state index in [0.717, 1.165) is 6.42 Å². The Balaban J connectivity index is 2.09. The number of rotatable bonds is 5. The summed E-state index contributed by atoms with van der Waals surface area (Å²) in [6.07, 6.45) is 0.719. The molecule has 0 fully saturated rings. The van der Waals surface area contributed by atoms with Gasteiger partial charge in [0.2, 0.25) is 5.91 Å². The maximum atomic E-state index is 12.2. The Morgan fingerprint density at radius 3 is 2.14 bits per heavy atom. The Bertz CT molecular complexity index is 623. The van der Waals surface area contributed by atoms with Gasteiger partial charge in [0.1, 0.15) is 0 Å². The fourth-order valence-corrected chi connectivity index (χ4v) is 1.98. The minimum absolute atomic E-state index is 0.0274. The molecule has 0 saturated carbocycles. The van der Waals surface area contributed by atoms with Crippen molar-refractivity contribution in [3.63, 3.8) is 0 Å². The molecule has 4 heteroatoms. The SMILES string of the molecule is CCC(Br)C(=O)Nc1ccc(C(=O)c2ccccc2)cc1. The molecule has 0 spiro atoms. The van der Waals surface area contributed by atoms with E-state index in [9.17, 15) is 9.59 Å². The van der Waals surface area contributed by atoms with E-state index in [1.807, 2.05) is 25.1 Å². The molecule has 0 heterocycles. The summed E-state index contributed by atoms with van der Waals surface area (Å²) in [5.41, 5.74) is 1.94. The maximum Gasteiger partial charge on any atom is 0.238 e. The lowest BCUT2D eigenvalue weighted by Crippen LogP contribution is -2.21. The molecule has 108 valence electrons. The minimum atomic E-state index is -0.205. The van der Waals surface area contributed by atoms with E-state index < -0.39 is 0 Å². The lowest BCUT2D eigenvalue weighted by molar-refractivity contribution is -0.115.